The highest BCUT2D eigenvalue weighted by Crippen LogP contribution is 2.26. The van der Waals surface area contributed by atoms with Crippen LogP contribution in [0.4, 0.5) is 17.1 Å². The van der Waals surface area contributed by atoms with Gasteiger partial charge in [0, 0.05) is 17.8 Å². The number of carbonyl (C=O) groups is 2. The van der Waals surface area contributed by atoms with Crippen molar-refractivity contribution < 1.29 is 14.3 Å². The molecule has 2 aromatic rings. The first-order chi connectivity index (χ1) is 13.9. The molecule has 0 aliphatic carbocycles. The standard InChI is InChI=1S/C22H26ClN3O3/c1-4-5-21(27)25-17-8-11-19(23)20(12-17)26-22(28)13-24-16-6-9-18(10-7-16)29-14-15(2)3/h6-12,24H,2,4-5,13-14H2,1,3H3,(H,25,27)(H,26,28). The summed E-state index contributed by atoms with van der Waals surface area (Å²) in [6.07, 6.45) is 1.20. The molecule has 6 nitrogen and oxygen atoms in total. The third-order valence-corrected chi connectivity index (χ3v) is 4.12. The third kappa shape index (κ3) is 7.87. The Labute approximate surface area is 176 Å². The Morgan fingerprint density at radius 2 is 1.72 bits per heavy atom. The number of hydrogen-bond donors (Lipinski definition) is 3. The van der Waals surface area contributed by atoms with Gasteiger partial charge >= 0.3 is 0 Å². The van der Waals surface area contributed by atoms with Gasteiger partial charge in [0.15, 0.2) is 0 Å². The number of ether oxygens (including phenoxy) is 1. The van der Waals surface area contributed by atoms with Gasteiger partial charge in [-0.15, -0.1) is 0 Å². The largest absolute Gasteiger partial charge is 0.489 e. The average Bonchev–Trinajstić information content (AvgIpc) is 2.68. The van der Waals surface area contributed by atoms with Crippen molar-refractivity contribution in [2.24, 2.45) is 0 Å². The van der Waals surface area contributed by atoms with E-state index in [-0.39, 0.29) is 18.4 Å². The lowest BCUT2D eigenvalue weighted by atomic mass is 10.2. The lowest BCUT2D eigenvalue weighted by Crippen LogP contribution is -2.22. The average molecular weight is 416 g/mol. The summed E-state index contributed by atoms with van der Waals surface area (Å²) in [5.41, 5.74) is 2.75. The van der Waals surface area contributed by atoms with E-state index in [0.29, 0.717) is 29.4 Å². The molecule has 0 aliphatic rings. The number of hydrogen-bond acceptors (Lipinski definition) is 4. The Morgan fingerprint density at radius 3 is 2.38 bits per heavy atom. The van der Waals surface area contributed by atoms with Crippen LogP contribution in [0.2, 0.25) is 5.02 Å². The Kier molecular flexibility index (Phi) is 8.55. The molecule has 0 fully saturated rings. The van der Waals surface area contributed by atoms with Crippen molar-refractivity contribution in [3.05, 3.63) is 59.6 Å². The lowest BCUT2D eigenvalue weighted by Gasteiger charge is -2.12. The number of benzene rings is 2. The molecule has 0 radical (unpaired) electrons. The van der Waals surface area contributed by atoms with Crippen molar-refractivity contribution in [1.29, 1.82) is 0 Å². The molecule has 0 spiro atoms. The van der Waals surface area contributed by atoms with Crippen LogP contribution in [0.3, 0.4) is 0 Å². The number of halogens is 1. The molecule has 2 aromatic carbocycles. The first-order valence-electron chi connectivity index (χ1n) is 9.37. The maximum absolute atomic E-state index is 12.3. The van der Waals surface area contributed by atoms with E-state index < -0.39 is 0 Å². The van der Waals surface area contributed by atoms with Crippen molar-refractivity contribution in [2.45, 2.75) is 26.7 Å². The molecular weight excluding hydrogens is 390 g/mol. The minimum Gasteiger partial charge on any atom is -0.489 e. The molecule has 0 atom stereocenters. The lowest BCUT2D eigenvalue weighted by molar-refractivity contribution is -0.116. The second kappa shape index (κ2) is 11.1. The van der Waals surface area contributed by atoms with Crippen LogP contribution in [0, 0.1) is 0 Å². The quantitative estimate of drug-likeness (QED) is 0.472. The fraction of sp³-hybridized carbons (Fsp3) is 0.273. The fourth-order valence-electron chi connectivity index (χ4n) is 2.40. The van der Waals surface area contributed by atoms with Crippen molar-refractivity contribution >= 4 is 40.5 Å². The van der Waals surface area contributed by atoms with Crippen LogP contribution in [0.5, 0.6) is 5.75 Å². The van der Waals surface area contributed by atoms with Crippen molar-refractivity contribution in [3.8, 4) is 5.75 Å². The van der Waals surface area contributed by atoms with Gasteiger partial charge in [0.25, 0.3) is 0 Å². The molecule has 2 rings (SSSR count). The van der Waals surface area contributed by atoms with E-state index in [2.05, 4.69) is 22.5 Å². The third-order valence-electron chi connectivity index (χ3n) is 3.79. The minimum absolute atomic E-state index is 0.0642. The van der Waals surface area contributed by atoms with Crippen LogP contribution in [0.1, 0.15) is 26.7 Å². The van der Waals surface area contributed by atoms with E-state index in [1.807, 2.05) is 38.1 Å². The monoisotopic (exact) mass is 415 g/mol. The Balaban J connectivity index is 1.88. The molecule has 0 aromatic heterocycles. The topological polar surface area (TPSA) is 79.5 Å². The van der Waals surface area contributed by atoms with E-state index in [1.165, 1.54) is 0 Å². The van der Waals surface area contributed by atoms with Gasteiger partial charge in [-0.05, 0) is 61.4 Å². The van der Waals surface area contributed by atoms with E-state index in [0.717, 1.165) is 23.4 Å². The zero-order chi connectivity index (χ0) is 21.2. The molecule has 0 aliphatic heterocycles. The number of nitrogens with one attached hydrogen (secondary N) is 3. The highest BCUT2D eigenvalue weighted by molar-refractivity contribution is 6.33. The van der Waals surface area contributed by atoms with Gasteiger partial charge in [0.1, 0.15) is 12.4 Å². The van der Waals surface area contributed by atoms with Gasteiger partial charge in [0.2, 0.25) is 11.8 Å². The molecule has 154 valence electrons. The summed E-state index contributed by atoms with van der Waals surface area (Å²) < 4.78 is 5.54. The number of rotatable bonds is 10. The molecule has 0 saturated heterocycles. The Bertz CT molecular complexity index is 866. The van der Waals surface area contributed by atoms with E-state index in [1.54, 1.807) is 18.2 Å². The summed E-state index contributed by atoms with van der Waals surface area (Å²) in [6.45, 7) is 8.16. The first-order valence-corrected chi connectivity index (χ1v) is 9.75. The molecule has 2 amide bonds. The van der Waals surface area contributed by atoms with Crippen LogP contribution < -0.4 is 20.7 Å². The molecule has 29 heavy (non-hydrogen) atoms. The van der Waals surface area contributed by atoms with Gasteiger partial charge in [-0.2, -0.15) is 0 Å². The van der Waals surface area contributed by atoms with Gasteiger partial charge in [-0.1, -0.05) is 25.1 Å². The van der Waals surface area contributed by atoms with Gasteiger partial charge in [-0.25, -0.2) is 0 Å². The summed E-state index contributed by atoms with van der Waals surface area (Å²) in [6, 6.07) is 12.3. The zero-order valence-electron chi connectivity index (χ0n) is 16.7. The van der Waals surface area contributed by atoms with Crippen LogP contribution in [-0.2, 0) is 9.59 Å². The predicted molar refractivity (Wildman–Crippen MR) is 119 cm³/mol. The maximum atomic E-state index is 12.3. The highest BCUT2D eigenvalue weighted by atomic mass is 35.5. The van der Waals surface area contributed by atoms with Gasteiger partial charge < -0.3 is 20.7 Å². The zero-order valence-corrected chi connectivity index (χ0v) is 17.4. The summed E-state index contributed by atoms with van der Waals surface area (Å²) in [7, 11) is 0. The normalized spacial score (nSPS) is 10.2. The van der Waals surface area contributed by atoms with Crippen LogP contribution in [-0.4, -0.2) is 25.0 Å². The van der Waals surface area contributed by atoms with Crippen molar-refractivity contribution in [1.82, 2.24) is 0 Å². The van der Waals surface area contributed by atoms with Crippen LogP contribution >= 0.6 is 11.6 Å². The van der Waals surface area contributed by atoms with E-state index in [9.17, 15) is 9.59 Å². The molecule has 0 heterocycles. The number of carbonyl (C=O) groups excluding carboxylic acids is 2. The molecule has 0 unspecified atom stereocenters. The smallest absolute Gasteiger partial charge is 0.243 e. The Hall–Kier alpha value is -2.99. The van der Waals surface area contributed by atoms with Crippen molar-refractivity contribution in [3.63, 3.8) is 0 Å². The predicted octanol–water partition coefficient (Wildman–Crippen LogP) is 5.08. The van der Waals surface area contributed by atoms with E-state index >= 15 is 0 Å². The molecular formula is C22H26ClN3O3. The van der Waals surface area contributed by atoms with Crippen LogP contribution in [0.15, 0.2) is 54.6 Å². The fourth-order valence-corrected chi connectivity index (χ4v) is 2.57. The second-order valence-corrected chi connectivity index (χ2v) is 7.07. The van der Waals surface area contributed by atoms with Crippen LogP contribution in [0.25, 0.3) is 0 Å². The second-order valence-electron chi connectivity index (χ2n) is 6.66. The first kappa shape index (κ1) is 22.3. The summed E-state index contributed by atoms with van der Waals surface area (Å²) >= 11 is 6.16. The van der Waals surface area contributed by atoms with Crippen molar-refractivity contribution in [2.75, 3.05) is 29.1 Å². The van der Waals surface area contributed by atoms with Gasteiger partial charge in [-0.3, -0.25) is 9.59 Å². The summed E-state index contributed by atoms with van der Waals surface area (Å²) in [5, 5.41) is 8.97. The molecule has 3 N–H and O–H groups in total. The number of amides is 2. The molecule has 7 heteroatoms. The molecule has 0 saturated carbocycles. The highest BCUT2D eigenvalue weighted by Gasteiger charge is 2.09. The maximum Gasteiger partial charge on any atom is 0.243 e. The summed E-state index contributed by atoms with van der Waals surface area (Å²) in [4.78, 5) is 24.0. The SMILES string of the molecule is C=C(C)COc1ccc(NCC(=O)Nc2cc(NC(=O)CCC)ccc2Cl)cc1. The van der Waals surface area contributed by atoms with Gasteiger partial charge in [0.05, 0.1) is 17.3 Å². The Morgan fingerprint density at radius 1 is 1.03 bits per heavy atom. The summed E-state index contributed by atoms with van der Waals surface area (Å²) in [5.74, 6) is 0.396. The van der Waals surface area contributed by atoms with E-state index in [4.69, 9.17) is 16.3 Å². The molecule has 0 bridgehead atoms. The minimum atomic E-state index is -0.258. The number of anilines is 3.